The van der Waals surface area contributed by atoms with Gasteiger partial charge in [-0.15, -0.1) is 5.10 Å². The Bertz CT molecular complexity index is 1020. The highest BCUT2D eigenvalue weighted by Crippen LogP contribution is 2.38. The third kappa shape index (κ3) is 4.46. The maximum absolute atomic E-state index is 13.3. The van der Waals surface area contributed by atoms with Gasteiger partial charge >= 0.3 is 5.97 Å². The number of hydrogen-bond acceptors (Lipinski definition) is 7. The predicted octanol–water partition coefficient (Wildman–Crippen LogP) is 1.77. The van der Waals surface area contributed by atoms with E-state index < -0.39 is 0 Å². The van der Waals surface area contributed by atoms with E-state index in [2.05, 4.69) is 15.2 Å². The first-order chi connectivity index (χ1) is 16.0. The summed E-state index contributed by atoms with van der Waals surface area (Å²) < 4.78 is 6.74. The van der Waals surface area contributed by atoms with Gasteiger partial charge in [-0.05, 0) is 50.3 Å². The Kier molecular flexibility index (Phi) is 6.05. The zero-order chi connectivity index (χ0) is 22.9. The smallest absolute Gasteiger partial charge is 0.308 e. The fourth-order valence-corrected chi connectivity index (χ4v) is 5.75. The molecule has 1 amide bonds. The average molecular weight is 454 g/mol. The van der Waals surface area contributed by atoms with E-state index in [-0.39, 0.29) is 29.5 Å². The average Bonchev–Trinajstić information content (AvgIpc) is 3.32. The Morgan fingerprint density at radius 2 is 2.00 bits per heavy atom. The summed E-state index contributed by atoms with van der Waals surface area (Å²) in [6.45, 7) is 3.83. The lowest BCUT2D eigenvalue weighted by atomic mass is 9.74. The van der Waals surface area contributed by atoms with E-state index in [0.29, 0.717) is 37.9 Å². The molecule has 2 aromatic rings. The molecule has 4 saturated heterocycles. The SMILES string of the molecule is COC(=O)C1CCN(C(=O)C2CN3CCC2CC3Cn2cc(-c3cccc(O)c3)nn2)CC1. The lowest BCUT2D eigenvalue weighted by molar-refractivity contribution is -0.152. The van der Waals surface area contributed by atoms with Gasteiger partial charge in [0.05, 0.1) is 31.7 Å². The van der Waals surface area contributed by atoms with Gasteiger partial charge in [0.15, 0.2) is 0 Å². The van der Waals surface area contributed by atoms with Crippen molar-refractivity contribution in [3.63, 3.8) is 0 Å². The molecule has 176 valence electrons. The number of aromatic hydroxyl groups is 1. The van der Waals surface area contributed by atoms with Crippen LogP contribution in [0.3, 0.4) is 0 Å². The molecule has 6 rings (SSSR count). The first-order valence-electron chi connectivity index (χ1n) is 11.8. The standard InChI is InChI=1S/C24H31N5O4/c1-33-24(32)16-5-8-27(9-6-16)23(31)21-14-28-10-7-17(21)11-19(28)13-29-15-22(25-26-29)18-3-2-4-20(30)12-18/h2-4,12,15-17,19,21,30H,5-11,13-14H2,1H3. The summed E-state index contributed by atoms with van der Waals surface area (Å²) in [5.41, 5.74) is 1.58. The molecule has 33 heavy (non-hydrogen) atoms. The monoisotopic (exact) mass is 453 g/mol. The third-order valence-corrected chi connectivity index (χ3v) is 7.62. The van der Waals surface area contributed by atoms with E-state index in [0.717, 1.165) is 43.7 Å². The van der Waals surface area contributed by atoms with Crippen molar-refractivity contribution < 1.29 is 19.4 Å². The van der Waals surface area contributed by atoms with Gasteiger partial charge in [-0.1, -0.05) is 17.3 Å². The summed E-state index contributed by atoms with van der Waals surface area (Å²) in [6.07, 6.45) is 5.34. The van der Waals surface area contributed by atoms with Crippen LogP contribution in [0.5, 0.6) is 5.75 Å². The van der Waals surface area contributed by atoms with Crippen LogP contribution < -0.4 is 0 Å². The molecule has 4 aliphatic heterocycles. The number of ether oxygens (including phenoxy) is 1. The molecule has 9 nitrogen and oxygen atoms in total. The van der Waals surface area contributed by atoms with Crippen molar-refractivity contribution in [3.05, 3.63) is 30.5 Å². The van der Waals surface area contributed by atoms with Crippen molar-refractivity contribution in [1.82, 2.24) is 24.8 Å². The number of benzene rings is 1. The second kappa shape index (κ2) is 9.13. The van der Waals surface area contributed by atoms with Crippen LogP contribution in [-0.4, -0.2) is 81.1 Å². The fraction of sp³-hybridized carbons (Fsp3) is 0.583. The highest BCUT2D eigenvalue weighted by Gasteiger charge is 2.45. The molecule has 0 spiro atoms. The lowest BCUT2D eigenvalue weighted by Crippen LogP contribution is -2.59. The maximum Gasteiger partial charge on any atom is 0.308 e. The molecular weight excluding hydrogens is 422 g/mol. The van der Waals surface area contributed by atoms with Crippen LogP contribution in [0.25, 0.3) is 11.3 Å². The minimum atomic E-state index is -0.159. The lowest BCUT2D eigenvalue weighted by Gasteiger charge is -2.50. The number of fused-ring (bicyclic) bond motifs is 3. The number of phenols is 1. The number of aromatic nitrogens is 3. The third-order valence-electron chi connectivity index (χ3n) is 7.62. The van der Waals surface area contributed by atoms with Crippen LogP contribution in [0.15, 0.2) is 30.5 Å². The number of nitrogens with zero attached hydrogens (tertiary/aromatic N) is 5. The minimum absolute atomic E-state index is 0.0447. The Hall–Kier alpha value is -2.94. The highest BCUT2D eigenvalue weighted by molar-refractivity contribution is 5.80. The minimum Gasteiger partial charge on any atom is -0.508 e. The van der Waals surface area contributed by atoms with Gasteiger partial charge in [0.2, 0.25) is 5.91 Å². The molecule has 4 atom stereocenters. The van der Waals surface area contributed by atoms with Crippen molar-refractivity contribution in [2.24, 2.45) is 17.8 Å². The van der Waals surface area contributed by atoms with Gasteiger partial charge in [0, 0.05) is 31.2 Å². The number of hydrogen-bond donors (Lipinski definition) is 1. The predicted molar refractivity (Wildman–Crippen MR) is 120 cm³/mol. The van der Waals surface area contributed by atoms with E-state index in [1.165, 1.54) is 7.11 Å². The molecule has 4 fully saturated rings. The number of rotatable bonds is 5. The van der Waals surface area contributed by atoms with Crippen molar-refractivity contribution >= 4 is 11.9 Å². The summed E-state index contributed by atoms with van der Waals surface area (Å²) in [5.74, 6) is 0.653. The molecule has 1 N–H and O–H groups in total. The number of phenolic OH excluding ortho intramolecular Hbond substituents is 1. The van der Waals surface area contributed by atoms with E-state index in [9.17, 15) is 14.7 Å². The van der Waals surface area contributed by atoms with Crippen LogP contribution in [0.1, 0.15) is 25.7 Å². The number of piperidine rings is 4. The second-order valence-electron chi connectivity index (χ2n) is 9.54. The number of amides is 1. The number of esters is 1. The van der Waals surface area contributed by atoms with Crippen LogP contribution in [0, 0.1) is 17.8 Å². The Morgan fingerprint density at radius 3 is 2.70 bits per heavy atom. The molecule has 1 aromatic heterocycles. The summed E-state index contributed by atoms with van der Waals surface area (Å²) >= 11 is 0. The summed E-state index contributed by atoms with van der Waals surface area (Å²) in [4.78, 5) is 29.4. The van der Waals surface area contributed by atoms with Gasteiger partial charge in [0.25, 0.3) is 0 Å². The van der Waals surface area contributed by atoms with Crippen LogP contribution in [0.4, 0.5) is 0 Å². The Morgan fingerprint density at radius 1 is 1.18 bits per heavy atom. The van der Waals surface area contributed by atoms with E-state index in [1.807, 2.05) is 21.8 Å². The zero-order valence-electron chi connectivity index (χ0n) is 19.0. The van der Waals surface area contributed by atoms with Gasteiger partial charge in [-0.25, -0.2) is 0 Å². The van der Waals surface area contributed by atoms with Crippen molar-refractivity contribution in [3.8, 4) is 17.0 Å². The van der Waals surface area contributed by atoms with Gasteiger partial charge in [-0.2, -0.15) is 0 Å². The van der Waals surface area contributed by atoms with Gasteiger partial charge < -0.3 is 14.7 Å². The molecular formula is C24H31N5O4. The molecule has 9 heteroatoms. The molecule has 2 bridgehead atoms. The van der Waals surface area contributed by atoms with Crippen molar-refractivity contribution in [2.75, 3.05) is 33.3 Å². The summed E-state index contributed by atoms with van der Waals surface area (Å²) in [6, 6.07) is 7.37. The summed E-state index contributed by atoms with van der Waals surface area (Å²) in [5, 5.41) is 18.3. The topological polar surface area (TPSA) is 101 Å². The summed E-state index contributed by atoms with van der Waals surface area (Å²) in [7, 11) is 1.43. The Labute approximate surface area is 193 Å². The maximum atomic E-state index is 13.3. The number of carbonyl (C=O) groups is 2. The Balaban J connectivity index is 1.18. The fourth-order valence-electron chi connectivity index (χ4n) is 5.75. The zero-order valence-corrected chi connectivity index (χ0v) is 19.0. The molecule has 0 saturated carbocycles. The molecule has 4 aliphatic rings. The van der Waals surface area contributed by atoms with Crippen LogP contribution in [-0.2, 0) is 20.9 Å². The molecule has 1 aromatic carbocycles. The van der Waals surface area contributed by atoms with E-state index in [1.54, 1.807) is 18.2 Å². The normalized spacial score (nSPS) is 27.5. The molecule has 5 heterocycles. The van der Waals surface area contributed by atoms with E-state index in [4.69, 9.17) is 4.74 Å². The largest absolute Gasteiger partial charge is 0.508 e. The number of likely N-dealkylation sites (tertiary alicyclic amines) is 1. The number of methoxy groups -OCH3 is 1. The van der Waals surface area contributed by atoms with Gasteiger partial charge in [-0.3, -0.25) is 19.2 Å². The second-order valence-corrected chi connectivity index (χ2v) is 9.54. The number of carbonyl (C=O) groups excluding carboxylic acids is 2. The highest BCUT2D eigenvalue weighted by atomic mass is 16.5. The van der Waals surface area contributed by atoms with Crippen LogP contribution >= 0.6 is 0 Å². The van der Waals surface area contributed by atoms with Crippen molar-refractivity contribution in [2.45, 2.75) is 38.3 Å². The first-order valence-corrected chi connectivity index (χ1v) is 11.8. The molecule has 0 aliphatic carbocycles. The van der Waals surface area contributed by atoms with Crippen molar-refractivity contribution in [1.29, 1.82) is 0 Å². The molecule has 0 radical (unpaired) electrons. The van der Waals surface area contributed by atoms with Gasteiger partial charge in [0.1, 0.15) is 11.4 Å². The van der Waals surface area contributed by atoms with E-state index >= 15 is 0 Å². The molecule has 4 unspecified atom stereocenters. The van der Waals surface area contributed by atoms with Crippen LogP contribution in [0.2, 0.25) is 0 Å². The quantitative estimate of drug-likeness (QED) is 0.689. The first kappa shape index (κ1) is 21.9.